The van der Waals surface area contributed by atoms with Crippen LogP contribution in [-0.2, 0) is 4.79 Å². The second-order valence-electron chi connectivity index (χ2n) is 7.30. The fourth-order valence-corrected chi connectivity index (χ4v) is 3.23. The predicted octanol–water partition coefficient (Wildman–Crippen LogP) is 6.99. The highest BCUT2D eigenvalue weighted by Gasteiger charge is 3.13. The summed E-state index contributed by atoms with van der Waals surface area (Å²) in [7, 11) is 0. The van der Waals surface area contributed by atoms with Gasteiger partial charge in [0.1, 0.15) is 0 Å². The zero-order valence-corrected chi connectivity index (χ0v) is 16.0. The van der Waals surface area contributed by atoms with E-state index in [4.69, 9.17) is 5.11 Å². The molecule has 0 heterocycles. The van der Waals surface area contributed by atoms with Crippen LogP contribution in [0.25, 0.3) is 0 Å². The number of carboxylic acid groups (broad SMARTS) is 1. The fraction of sp³-hybridized carbons (Fsp3) is 0.923. The molecule has 1 saturated carbocycles. The maximum Gasteiger partial charge on any atom is 0.460 e. The first-order chi connectivity index (χ1) is 15.9. The van der Waals surface area contributed by atoms with Crippen LogP contribution in [0.4, 0.5) is 101 Å². The Kier molecular flexibility index (Phi) is 6.71. The van der Waals surface area contributed by atoms with Gasteiger partial charge in [-0.2, -0.15) is 96.6 Å². The average Bonchev–Trinajstić information content (AvgIpc) is 2.64. The van der Waals surface area contributed by atoms with Crippen molar-refractivity contribution in [1.82, 2.24) is 0 Å². The molecule has 226 valence electrons. The molecule has 25 heteroatoms. The monoisotopic (exact) mass is 626 g/mol. The third kappa shape index (κ3) is 2.92. The molecule has 0 radical (unpaired) electrons. The van der Waals surface area contributed by atoms with Crippen molar-refractivity contribution >= 4 is 5.97 Å². The van der Waals surface area contributed by atoms with Crippen LogP contribution in [0.15, 0.2) is 0 Å². The van der Waals surface area contributed by atoms with E-state index in [0.29, 0.717) is 0 Å². The lowest BCUT2D eigenvalue weighted by Crippen LogP contribution is -2.95. The largest absolute Gasteiger partial charge is 0.480 e. The average molecular weight is 626 g/mol. The molecule has 0 bridgehead atoms. The minimum atomic E-state index is -9.50. The second-order valence-corrected chi connectivity index (χ2v) is 7.30. The molecule has 1 fully saturated rings. The lowest BCUT2D eigenvalue weighted by Gasteiger charge is -2.62. The van der Waals surface area contributed by atoms with Crippen LogP contribution in [0.2, 0.25) is 0 Å². The van der Waals surface area contributed by atoms with E-state index >= 15 is 0 Å². The molecule has 0 aromatic carbocycles. The maximum absolute atomic E-state index is 14.5. The summed E-state index contributed by atoms with van der Waals surface area (Å²) < 4.78 is 304. The van der Waals surface area contributed by atoms with E-state index in [1.54, 1.807) is 0 Å². The standard InChI is InChI=1S/C13HF23O2/c14-3(2(1(37)38,12(31,32)33)4(15,16)5(3,17)18)6(19,20)7(21,22)8(23,24)9(25,26)10(27,28)11(29,30)13(34,35)36/h(H,37,38). The van der Waals surface area contributed by atoms with E-state index < -0.39 is 76.8 Å². The Morgan fingerprint density at radius 2 is 0.763 bits per heavy atom. The number of carboxylic acids is 1. The first-order valence-corrected chi connectivity index (χ1v) is 8.02. The highest BCUT2D eigenvalue weighted by molar-refractivity contribution is 5.83. The quantitative estimate of drug-likeness (QED) is 0.310. The van der Waals surface area contributed by atoms with Crippen molar-refractivity contribution in [2.75, 3.05) is 0 Å². The third-order valence-corrected chi connectivity index (χ3v) is 5.32. The van der Waals surface area contributed by atoms with Gasteiger partial charge in [0.2, 0.25) is 0 Å². The van der Waals surface area contributed by atoms with Gasteiger partial charge in [-0.15, -0.1) is 0 Å². The number of aliphatic carboxylic acids is 1. The van der Waals surface area contributed by atoms with E-state index in [0.717, 1.165) is 0 Å². The van der Waals surface area contributed by atoms with Gasteiger partial charge in [0, 0.05) is 0 Å². The van der Waals surface area contributed by atoms with Crippen LogP contribution in [0.5, 0.6) is 0 Å². The SMILES string of the molecule is O=C(O)C1(C(F)(F)F)C(F)(F)C(F)(F)C1(F)C(F)(F)C(F)(F)C(F)(F)C(F)(F)C(F)(F)C(F)(F)C(F)(F)F. The van der Waals surface area contributed by atoms with Crippen LogP contribution in [0.1, 0.15) is 0 Å². The molecular weight excluding hydrogens is 625 g/mol. The zero-order valence-electron chi connectivity index (χ0n) is 16.0. The number of alkyl halides is 23. The van der Waals surface area contributed by atoms with Crippen molar-refractivity contribution in [1.29, 1.82) is 0 Å². The molecule has 2 atom stereocenters. The summed E-state index contributed by atoms with van der Waals surface area (Å²) in [4.78, 5) is 10.7. The summed E-state index contributed by atoms with van der Waals surface area (Å²) in [5, 5.41) is 8.21. The normalized spacial score (nSPS) is 27.7. The Morgan fingerprint density at radius 1 is 0.474 bits per heavy atom. The minimum Gasteiger partial charge on any atom is -0.480 e. The molecule has 1 rings (SSSR count). The summed E-state index contributed by atoms with van der Waals surface area (Å²) in [6, 6.07) is 0. The Balaban J connectivity index is 4.15. The Labute approximate surface area is 189 Å². The lowest BCUT2D eigenvalue weighted by atomic mass is 9.48. The van der Waals surface area contributed by atoms with Gasteiger partial charge in [-0.05, 0) is 0 Å². The molecule has 0 aromatic heterocycles. The second kappa shape index (κ2) is 7.53. The predicted molar refractivity (Wildman–Crippen MR) is 65.6 cm³/mol. The van der Waals surface area contributed by atoms with Crippen LogP contribution >= 0.6 is 0 Å². The van der Waals surface area contributed by atoms with E-state index in [9.17, 15) is 106 Å². The molecule has 38 heavy (non-hydrogen) atoms. The molecule has 0 aliphatic heterocycles. The smallest absolute Gasteiger partial charge is 0.460 e. The molecule has 1 aliphatic rings. The molecule has 1 aliphatic carbocycles. The van der Waals surface area contributed by atoms with Crippen molar-refractivity contribution in [2.24, 2.45) is 5.41 Å². The summed E-state index contributed by atoms with van der Waals surface area (Å²) >= 11 is 0. The highest BCUT2D eigenvalue weighted by Crippen LogP contribution is 2.81. The van der Waals surface area contributed by atoms with Gasteiger partial charge in [-0.1, -0.05) is 0 Å². The first-order valence-electron chi connectivity index (χ1n) is 8.02. The Morgan fingerprint density at radius 3 is 1.03 bits per heavy atom. The summed E-state index contributed by atoms with van der Waals surface area (Å²) in [5.74, 6) is -76.5. The Hall–Kier alpha value is -2.14. The van der Waals surface area contributed by atoms with E-state index in [2.05, 4.69) is 0 Å². The van der Waals surface area contributed by atoms with Gasteiger partial charge in [0.15, 0.2) is 0 Å². The van der Waals surface area contributed by atoms with E-state index in [1.165, 1.54) is 0 Å². The van der Waals surface area contributed by atoms with Gasteiger partial charge in [0.05, 0.1) is 0 Å². The molecule has 2 unspecified atom stereocenters. The third-order valence-electron chi connectivity index (χ3n) is 5.32. The van der Waals surface area contributed by atoms with Gasteiger partial charge in [0.25, 0.3) is 11.1 Å². The molecule has 1 N–H and O–H groups in total. The van der Waals surface area contributed by atoms with Crippen LogP contribution in [-0.4, -0.2) is 76.5 Å². The molecule has 0 saturated heterocycles. The summed E-state index contributed by atoms with van der Waals surface area (Å²) in [5.41, 5.74) is -16.7. The maximum atomic E-state index is 14.5. The molecule has 0 amide bonds. The van der Waals surface area contributed by atoms with Crippen molar-refractivity contribution in [3.63, 3.8) is 0 Å². The number of halogens is 23. The van der Waals surface area contributed by atoms with Crippen molar-refractivity contribution in [2.45, 2.75) is 65.4 Å². The van der Waals surface area contributed by atoms with Gasteiger partial charge in [-0.3, -0.25) is 4.79 Å². The van der Waals surface area contributed by atoms with Gasteiger partial charge in [-0.25, -0.2) is 4.39 Å². The van der Waals surface area contributed by atoms with Crippen molar-refractivity contribution in [3.05, 3.63) is 0 Å². The Bertz CT molecular complexity index is 971. The summed E-state index contributed by atoms with van der Waals surface area (Å²) in [6.45, 7) is 0. The lowest BCUT2D eigenvalue weighted by molar-refractivity contribution is -0.537. The van der Waals surface area contributed by atoms with E-state index in [-0.39, 0.29) is 0 Å². The fourth-order valence-electron chi connectivity index (χ4n) is 3.23. The van der Waals surface area contributed by atoms with Gasteiger partial charge >= 0.3 is 65.7 Å². The van der Waals surface area contributed by atoms with E-state index in [1.807, 2.05) is 0 Å². The molecule has 0 aromatic rings. The van der Waals surface area contributed by atoms with Crippen LogP contribution in [0.3, 0.4) is 0 Å². The zero-order chi connectivity index (χ0) is 31.6. The van der Waals surface area contributed by atoms with Crippen LogP contribution < -0.4 is 0 Å². The first kappa shape index (κ1) is 33.9. The number of rotatable bonds is 7. The van der Waals surface area contributed by atoms with Crippen molar-refractivity contribution in [3.8, 4) is 0 Å². The van der Waals surface area contributed by atoms with Crippen molar-refractivity contribution < 1.29 is 111 Å². The topological polar surface area (TPSA) is 37.3 Å². The highest BCUT2D eigenvalue weighted by atomic mass is 19.4. The number of hydrogen-bond donors (Lipinski definition) is 1. The summed E-state index contributed by atoms with van der Waals surface area (Å²) in [6.07, 6.45) is -16.3. The molecular formula is C13HF23O2. The van der Waals surface area contributed by atoms with Crippen LogP contribution in [0, 0.1) is 5.41 Å². The molecule has 2 nitrogen and oxygen atoms in total. The minimum absolute atomic E-state index is 5.04. The van der Waals surface area contributed by atoms with Gasteiger partial charge < -0.3 is 5.11 Å². The number of carbonyl (C=O) groups is 1. The molecule has 0 spiro atoms. The number of hydrogen-bond acceptors (Lipinski definition) is 1.